The monoisotopic (exact) mass is 373 g/mol. The molecule has 0 saturated carbocycles. The summed E-state index contributed by atoms with van der Waals surface area (Å²) < 4.78 is 78.6. The van der Waals surface area contributed by atoms with Crippen molar-refractivity contribution in [2.24, 2.45) is 0 Å². The number of rotatable bonds is 2. The van der Waals surface area contributed by atoms with Gasteiger partial charge < -0.3 is 0 Å². The molecule has 0 amide bonds. The standard InChI is InChI=1S/C16H9F6N3O/c17-15(18,19)10-5-9(6-11(7-10)16(20,21)22)12-8-24-25(14(12)26)13-3-1-2-4-23-13/h1-8,24H. The number of hydrogen-bond acceptors (Lipinski definition) is 2. The van der Waals surface area contributed by atoms with E-state index in [0.29, 0.717) is 12.1 Å². The topological polar surface area (TPSA) is 50.7 Å². The highest BCUT2D eigenvalue weighted by Gasteiger charge is 2.37. The van der Waals surface area contributed by atoms with Crippen LogP contribution in [0.1, 0.15) is 11.1 Å². The smallest absolute Gasteiger partial charge is 0.296 e. The fourth-order valence-corrected chi connectivity index (χ4v) is 2.34. The molecule has 0 aliphatic carbocycles. The first-order chi connectivity index (χ1) is 12.1. The zero-order valence-corrected chi connectivity index (χ0v) is 12.7. The molecule has 1 aromatic carbocycles. The van der Waals surface area contributed by atoms with Crippen molar-refractivity contribution >= 4 is 0 Å². The van der Waals surface area contributed by atoms with E-state index < -0.39 is 34.6 Å². The Morgan fingerprint density at radius 1 is 0.923 bits per heavy atom. The van der Waals surface area contributed by atoms with Crippen LogP contribution in [0.5, 0.6) is 0 Å². The number of pyridine rings is 1. The lowest BCUT2D eigenvalue weighted by molar-refractivity contribution is -0.143. The van der Waals surface area contributed by atoms with Gasteiger partial charge in [0, 0.05) is 12.4 Å². The number of H-pyrrole nitrogens is 1. The number of halogens is 6. The Hall–Kier alpha value is -3.04. The average molecular weight is 373 g/mol. The summed E-state index contributed by atoms with van der Waals surface area (Å²) in [6, 6.07) is 5.62. The predicted octanol–water partition coefficient (Wildman–Crippen LogP) is 4.27. The third-order valence-corrected chi connectivity index (χ3v) is 3.55. The Labute approximate surface area is 141 Å². The van der Waals surface area contributed by atoms with E-state index in [-0.39, 0.29) is 17.4 Å². The maximum absolute atomic E-state index is 13.0. The summed E-state index contributed by atoms with van der Waals surface area (Å²) in [6.07, 6.45) is -7.57. The highest BCUT2D eigenvalue weighted by molar-refractivity contribution is 5.64. The van der Waals surface area contributed by atoms with Gasteiger partial charge in [0.25, 0.3) is 5.56 Å². The van der Waals surface area contributed by atoms with E-state index in [4.69, 9.17) is 0 Å². The molecule has 0 radical (unpaired) electrons. The molecule has 2 aromatic heterocycles. The van der Waals surface area contributed by atoms with Crippen LogP contribution in [-0.2, 0) is 12.4 Å². The quantitative estimate of drug-likeness (QED) is 0.683. The number of alkyl halides is 6. The van der Waals surface area contributed by atoms with Crippen molar-refractivity contribution in [3.63, 3.8) is 0 Å². The molecule has 0 aliphatic heterocycles. The van der Waals surface area contributed by atoms with E-state index in [1.807, 2.05) is 0 Å². The fraction of sp³-hybridized carbons (Fsp3) is 0.125. The van der Waals surface area contributed by atoms with Gasteiger partial charge in [0.2, 0.25) is 0 Å². The Morgan fingerprint density at radius 3 is 2.04 bits per heavy atom. The highest BCUT2D eigenvalue weighted by Crippen LogP contribution is 2.38. The second-order valence-corrected chi connectivity index (χ2v) is 5.31. The molecular formula is C16H9F6N3O. The Balaban J connectivity index is 2.19. The van der Waals surface area contributed by atoms with Gasteiger partial charge in [-0.2, -0.15) is 26.3 Å². The van der Waals surface area contributed by atoms with Crippen LogP contribution < -0.4 is 5.56 Å². The van der Waals surface area contributed by atoms with Gasteiger partial charge in [0.05, 0.1) is 16.7 Å². The van der Waals surface area contributed by atoms with E-state index in [9.17, 15) is 31.1 Å². The maximum atomic E-state index is 13.0. The van der Waals surface area contributed by atoms with Crippen LogP contribution in [-0.4, -0.2) is 14.8 Å². The van der Waals surface area contributed by atoms with Crippen molar-refractivity contribution in [2.75, 3.05) is 0 Å². The maximum Gasteiger partial charge on any atom is 0.416 e. The molecule has 10 heteroatoms. The molecule has 0 spiro atoms. The van der Waals surface area contributed by atoms with Crippen molar-refractivity contribution in [2.45, 2.75) is 12.4 Å². The van der Waals surface area contributed by atoms with E-state index in [0.717, 1.165) is 10.9 Å². The number of aromatic amines is 1. The van der Waals surface area contributed by atoms with Crippen molar-refractivity contribution in [3.05, 3.63) is 70.3 Å². The summed E-state index contributed by atoms with van der Waals surface area (Å²) in [5.41, 5.74) is -4.65. The minimum Gasteiger partial charge on any atom is -0.296 e. The summed E-state index contributed by atoms with van der Waals surface area (Å²) in [6.45, 7) is 0. The number of hydrogen-bond donors (Lipinski definition) is 1. The van der Waals surface area contributed by atoms with Gasteiger partial charge in [-0.25, -0.2) is 9.67 Å². The fourth-order valence-electron chi connectivity index (χ4n) is 2.34. The molecule has 0 unspecified atom stereocenters. The van der Waals surface area contributed by atoms with E-state index in [1.54, 1.807) is 12.1 Å². The minimum absolute atomic E-state index is 0.00738. The molecule has 3 aromatic rings. The lowest BCUT2D eigenvalue weighted by Gasteiger charge is -2.13. The van der Waals surface area contributed by atoms with Gasteiger partial charge in [-0.15, -0.1) is 0 Å². The molecule has 2 heterocycles. The Kier molecular flexibility index (Phi) is 4.13. The van der Waals surface area contributed by atoms with Gasteiger partial charge >= 0.3 is 12.4 Å². The third kappa shape index (κ3) is 3.35. The van der Waals surface area contributed by atoms with Crippen molar-refractivity contribution in [3.8, 4) is 16.9 Å². The van der Waals surface area contributed by atoms with E-state index in [2.05, 4.69) is 10.1 Å². The highest BCUT2D eigenvalue weighted by atomic mass is 19.4. The summed E-state index contributed by atoms with van der Waals surface area (Å²) in [7, 11) is 0. The second kappa shape index (κ2) is 6.04. The third-order valence-electron chi connectivity index (χ3n) is 3.55. The zero-order valence-electron chi connectivity index (χ0n) is 12.7. The first-order valence-corrected chi connectivity index (χ1v) is 7.09. The van der Waals surface area contributed by atoms with Gasteiger partial charge in [-0.05, 0) is 35.9 Å². The van der Waals surface area contributed by atoms with Crippen molar-refractivity contribution in [1.29, 1.82) is 0 Å². The number of nitrogens with one attached hydrogen (secondary N) is 1. The van der Waals surface area contributed by atoms with Crippen molar-refractivity contribution in [1.82, 2.24) is 14.8 Å². The largest absolute Gasteiger partial charge is 0.416 e. The zero-order chi connectivity index (χ0) is 19.1. The van der Waals surface area contributed by atoms with Crippen molar-refractivity contribution < 1.29 is 26.3 Å². The van der Waals surface area contributed by atoms with Crippen LogP contribution in [0, 0.1) is 0 Å². The molecule has 0 atom stereocenters. The molecule has 3 rings (SSSR count). The SMILES string of the molecule is O=c1c(-c2cc(C(F)(F)F)cc(C(F)(F)F)c2)c[nH]n1-c1ccccn1. The van der Waals surface area contributed by atoms with Crippen LogP contribution >= 0.6 is 0 Å². The molecule has 0 saturated heterocycles. The molecule has 4 nitrogen and oxygen atoms in total. The molecule has 1 N–H and O–H groups in total. The van der Waals surface area contributed by atoms with E-state index >= 15 is 0 Å². The number of benzene rings is 1. The Morgan fingerprint density at radius 2 is 1.54 bits per heavy atom. The molecule has 0 bridgehead atoms. The van der Waals surface area contributed by atoms with Gasteiger partial charge in [0.15, 0.2) is 5.82 Å². The second-order valence-electron chi connectivity index (χ2n) is 5.31. The summed E-state index contributed by atoms with van der Waals surface area (Å²) >= 11 is 0. The Bertz CT molecular complexity index is 953. The van der Waals surface area contributed by atoms with Crippen LogP contribution in [0.3, 0.4) is 0 Å². The summed E-state index contributed by atoms with van der Waals surface area (Å²) in [5, 5.41) is 2.48. The van der Waals surface area contributed by atoms with Crippen LogP contribution in [0.4, 0.5) is 26.3 Å². The number of aromatic nitrogens is 3. The molecule has 0 fully saturated rings. The van der Waals surface area contributed by atoms with Gasteiger partial charge in [-0.3, -0.25) is 9.89 Å². The van der Waals surface area contributed by atoms with E-state index in [1.165, 1.54) is 12.3 Å². The molecular weight excluding hydrogens is 364 g/mol. The van der Waals surface area contributed by atoms with Crippen LogP contribution in [0.25, 0.3) is 16.9 Å². The molecule has 0 aliphatic rings. The lowest BCUT2D eigenvalue weighted by atomic mass is 10.0. The normalized spacial score (nSPS) is 12.4. The number of nitrogens with zero attached hydrogens (tertiary/aromatic N) is 2. The van der Waals surface area contributed by atoms with Gasteiger partial charge in [0.1, 0.15) is 0 Å². The molecule has 26 heavy (non-hydrogen) atoms. The first kappa shape index (κ1) is 17.8. The van der Waals surface area contributed by atoms with Crippen LogP contribution in [0.15, 0.2) is 53.6 Å². The minimum atomic E-state index is -4.99. The lowest BCUT2D eigenvalue weighted by Crippen LogP contribution is -2.17. The summed E-state index contributed by atoms with van der Waals surface area (Å²) in [5.74, 6) is 0.145. The first-order valence-electron chi connectivity index (χ1n) is 7.09. The molecule has 136 valence electrons. The van der Waals surface area contributed by atoms with Gasteiger partial charge in [-0.1, -0.05) is 6.07 Å². The average Bonchev–Trinajstić information content (AvgIpc) is 2.95. The summed E-state index contributed by atoms with van der Waals surface area (Å²) in [4.78, 5) is 16.3. The van der Waals surface area contributed by atoms with Crippen LogP contribution in [0.2, 0.25) is 0 Å². The predicted molar refractivity (Wildman–Crippen MR) is 79.6 cm³/mol.